The lowest BCUT2D eigenvalue weighted by molar-refractivity contribution is -0.348. The molecule has 3 aromatic rings. The summed E-state index contributed by atoms with van der Waals surface area (Å²) < 4.78 is 28.0. The zero-order valence-electron chi connectivity index (χ0n) is 21.9. The van der Waals surface area contributed by atoms with Crippen LogP contribution in [-0.4, -0.2) is 114 Å². The van der Waals surface area contributed by atoms with Crippen molar-refractivity contribution < 1.29 is 69.3 Å². The first kappa shape index (κ1) is 30.0. The van der Waals surface area contributed by atoms with E-state index in [1.165, 1.54) is 31.2 Å². The molecule has 0 radical (unpaired) electrons. The van der Waals surface area contributed by atoms with Crippen LogP contribution in [0.25, 0.3) is 22.3 Å². The number of fused-ring (bicyclic) bond motifs is 1. The van der Waals surface area contributed by atoms with E-state index in [2.05, 4.69) is 0 Å². The van der Waals surface area contributed by atoms with Gasteiger partial charge in [0.15, 0.2) is 23.2 Å². The summed E-state index contributed by atoms with van der Waals surface area (Å²) >= 11 is 0. The van der Waals surface area contributed by atoms with Crippen LogP contribution in [0, 0.1) is 0 Å². The SMILES string of the molecule is C[C@H]1OC(Oc2cc(O)c3c(=O)cc(-c4ccc(O)c(O)c4)oc3c2)[C@H](O)[C@@H](O)[C@H]1OC1O[C@H](CO)[C@@H](O)[C@H](O)[C@H]1O. The van der Waals surface area contributed by atoms with Crippen molar-refractivity contribution in [3.8, 4) is 34.3 Å². The normalized spacial score (nSPS) is 33.5. The number of hydrogen-bond acceptors (Lipinski definition) is 15. The van der Waals surface area contributed by atoms with E-state index >= 15 is 0 Å². The molecule has 2 aliphatic rings. The fraction of sp³-hybridized carbons (Fsp3) is 0.444. The minimum atomic E-state index is -1.76. The van der Waals surface area contributed by atoms with Crippen molar-refractivity contribution in [3.05, 3.63) is 46.6 Å². The first-order valence-corrected chi connectivity index (χ1v) is 12.9. The number of phenols is 3. The van der Waals surface area contributed by atoms with E-state index in [-0.39, 0.29) is 33.8 Å². The van der Waals surface area contributed by atoms with Crippen molar-refractivity contribution >= 4 is 11.0 Å². The fourth-order valence-corrected chi connectivity index (χ4v) is 4.89. The smallest absolute Gasteiger partial charge is 0.229 e. The Morgan fingerprint density at radius 2 is 1.50 bits per heavy atom. The molecule has 2 aliphatic heterocycles. The minimum Gasteiger partial charge on any atom is -0.507 e. The maximum atomic E-state index is 12.7. The molecule has 15 heteroatoms. The van der Waals surface area contributed by atoms with Crippen molar-refractivity contribution in [2.24, 2.45) is 0 Å². The third-order valence-electron chi connectivity index (χ3n) is 7.21. The number of aliphatic hydroxyl groups excluding tert-OH is 6. The lowest BCUT2D eigenvalue weighted by Gasteiger charge is -2.45. The molecule has 5 rings (SSSR count). The van der Waals surface area contributed by atoms with Crippen LogP contribution in [0.2, 0.25) is 0 Å². The van der Waals surface area contributed by atoms with E-state index in [9.17, 15) is 50.8 Å². The summed E-state index contributed by atoms with van der Waals surface area (Å²) in [5.74, 6) is -1.45. The third-order valence-corrected chi connectivity index (χ3v) is 7.21. The first-order chi connectivity index (χ1) is 19.9. The number of aromatic hydroxyl groups is 3. The molecule has 228 valence electrons. The third kappa shape index (κ3) is 5.49. The van der Waals surface area contributed by atoms with Gasteiger partial charge in [-0.25, -0.2) is 0 Å². The molecule has 2 aromatic carbocycles. The highest BCUT2D eigenvalue weighted by Crippen LogP contribution is 2.36. The van der Waals surface area contributed by atoms with Gasteiger partial charge in [0, 0.05) is 23.8 Å². The van der Waals surface area contributed by atoms with Gasteiger partial charge in [-0.05, 0) is 25.1 Å². The summed E-state index contributed by atoms with van der Waals surface area (Å²) in [4.78, 5) is 12.7. The van der Waals surface area contributed by atoms with Crippen molar-refractivity contribution in [2.45, 2.75) is 68.3 Å². The zero-order valence-corrected chi connectivity index (χ0v) is 21.9. The second kappa shape index (κ2) is 11.6. The lowest BCUT2D eigenvalue weighted by atomic mass is 9.97. The van der Waals surface area contributed by atoms with Crippen molar-refractivity contribution in [2.75, 3.05) is 6.61 Å². The highest BCUT2D eigenvalue weighted by Gasteiger charge is 2.50. The van der Waals surface area contributed by atoms with Crippen LogP contribution in [0.4, 0.5) is 0 Å². The number of ether oxygens (including phenoxy) is 4. The molecular formula is C27H30O15. The monoisotopic (exact) mass is 594 g/mol. The van der Waals surface area contributed by atoms with Crippen molar-refractivity contribution in [1.82, 2.24) is 0 Å². The van der Waals surface area contributed by atoms with Gasteiger partial charge in [0.2, 0.25) is 6.29 Å². The number of hydrogen-bond donors (Lipinski definition) is 9. The molecule has 0 aliphatic carbocycles. The molecule has 0 spiro atoms. The Kier molecular flexibility index (Phi) is 8.30. The van der Waals surface area contributed by atoms with Crippen LogP contribution in [0.5, 0.6) is 23.0 Å². The fourth-order valence-electron chi connectivity index (χ4n) is 4.89. The molecule has 9 N–H and O–H groups in total. The largest absolute Gasteiger partial charge is 0.507 e. The molecule has 10 atom stereocenters. The van der Waals surface area contributed by atoms with Crippen molar-refractivity contribution in [3.63, 3.8) is 0 Å². The van der Waals surface area contributed by atoms with E-state index < -0.39 is 84.9 Å². The summed E-state index contributed by atoms with van der Waals surface area (Å²) in [6.07, 6.45) is -15.3. The molecule has 0 amide bonds. The standard InChI is InChI=1S/C27H30O15/c1-9-25(42-27-23(36)21(34)20(33)18(8-28)41-27)22(35)24(37)26(38-9)39-11-5-14(31)19-15(32)7-16(40-17(19)6-11)10-2-3-12(29)13(30)4-10/h2-7,9,18,20-31,33-37H,8H2,1H3/t9-,18-,20-,21+,22-,23-,24-,25+,26?,27?/m1/s1. The van der Waals surface area contributed by atoms with Crippen molar-refractivity contribution in [1.29, 1.82) is 0 Å². The summed E-state index contributed by atoms with van der Waals surface area (Å²) in [5.41, 5.74) is -0.486. The zero-order chi connectivity index (χ0) is 30.5. The molecule has 42 heavy (non-hydrogen) atoms. The Labute approximate surface area is 236 Å². The van der Waals surface area contributed by atoms with Crippen LogP contribution in [-0.2, 0) is 14.2 Å². The lowest BCUT2D eigenvalue weighted by Crippen LogP contribution is -2.64. The van der Waals surface area contributed by atoms with Crippen LogP contribution in [0.3, 0.4) is 0 Å². The van der Waals surface area contributed by atoms with Crippen LogP contribution < -0.4 is 10.2 Å². The van der Waals surface area contributed by atoms with Gasteiger partial charge in [0.1, 0.15) is 71.0 Å². The maximum Gasteiger partial charge on any atom is 0.229 e. The molecule has 0 bridgehead atoms. The summed E-state index contributed by atoms with van der Waals surface area (Å²) in [7, 11) is 0. The van der Waals surface area contributed by atoms with Crippen LogP contribution >= 0.6 is 0 Å². The van der Waals surface area contributed by atoms with Gasteiger partial charge >= 0.3 is 0 Å². The number of benzene rings is 2. The predicted octanol–water partition coefficient (Wildman–Crippen LogP) is -1.39. The maximum absolute atomic E-state index is 12.7. The number of aliphatic hydroxyl groups is 6. The Morgan fingerprint density at radius 1 is 0.786 bits per heavy atom. The average molecular weight is 595 g/mol. The minimum absolute atomic E-state index is 0.00512. The quantitative estimate of drug-likeness (QED) is 0.149. The summed E-state index contributed by atoms with van der Waals surface area (Å²) in [6, 6.07) is 7.19. The molecule has 2 unspecified atom stereocenters. The molecule has 3 heterocycles. The van der Waals surface area contributed by atoms with Gasteiger partial charge < -0.3 is 69.3 Å². The topological polar surface area (TPSA) is 249 Å². The van der Waals surface area contributed by atoms with Gasteiger partial charge in [0.25, 0.3) is 0 Å². The van der Waals surface area contributed by atoms with Gasteiger partial charge in [0.05, 0.1) is 12.7 Å². The molecular weight excluding hydrogens is 564 g/mol. The van der Waals surface area contributed by atoms with E-state index in [4.69, 9.17) is 23.4 Å². The Morgan fingerprint density at radius 3 is 2.19 bits per heavy atom. The summed E-state index contributed by atoms with van der Waals surface area (Å²) in [6.45, 7) is 0.761. The molecule has 15 nitrogen and oxygen atoms in total. The van der Waals surface area contributed by atoms with E-state index in [0.29, 0.717) is 0 Å². The molecule has 2 saturated heterocycles. The van der Waals surface area contributed by atoms with E-state index in [0.717, 1.165) is 12.1 Å². The number of phenolic OH excluding ortho intramolecular Hbond substituents is 3. The Hall–Kier alpha value is -3.51. The number of rotatable bonds is 6. The first-order valence-electron chi connectivity index (χ1n) is 12.9. The summed E-state index contributed by atoms with van der Waals surface area (Å²) in [5, 5.41) is 90.9. The van der Waals surface area contributed by atoms with Gasteiger partial charge in [-0.2, -0.15) is 0 Å². The highest BCUT2D eigenvalue weighted by atomic mass is 16.7. The second-order valence-corrected chi connectivity index (χ2v) is 10.1. The predicted molar refractivity (Wildman–Crippen MR) is 139 cm³/mol. The second-order valence-electron chi connectivity index (χ2n) is 10.1. The van der Waals surface area contributed by atoms with Gasteiger partial charge in [-0.1, -0.05) is 0 Å². The van der Waals surface area contributed by atoms with E-state index in [1.54, 1.807) is 0 Å². The average Bonchev–Trinajstić information content (AvgIpc) is 2.94. The molecule has 1 aromatic heterocycles. The van der Waals surface area contributed by atoms with Gasteiger partial charge in [-0.3, -0.25) is 4.79 Å². The van der Waals surface area contributed by atoms with E-state index in [1.807, 2.05) is 0 Å². The Balaban J connectivity index is 1.35. The molecule has 0 saturated carbocycles. The highest BCUT2D eigenvalue weighted by molar-refractivity contribution is 5.86. The Bertz CT molecular complexity index is 1490. The van der Waals surface area contributed by atoms with Gasteiger partial charge in [-0.15, -0.1) is 0 Å². The molecule has 2 fully saturated rings. The van der Waals surface area contributed by atoms with Crippen LogP contribution in [0.15, 0.2) is 45.6 Å². The van der Waals surface area contributed by atoms with Crippen LogP contribution in [0.1, 0.15) is 6.92 Å².